The average Bonchev–Trinajstić information content (AvgIpc) is 2.36. The molecule has 18 heavy (non-hydrogen) atoms. The Morgan fingerprint density at radius 1 is 1.28 bits per heavy atom. The number of likely N-dealkylation sites (N-methyl/N-ethyl adjacent to an activating group) is 1. The first-order valence-electron chi connectivity index (χ1n) is 6.30. The Morgan fingerprint density at radius 3 is 2.28 bits per heavy atom. The fourth-order valence-electron chi connectivity index (χ4n) is 1.88. The summed E-state index contributed by atoms with van der Waals surface area (Å²) < 4.78 is 0. The van der Waals surface area contributed by atoms with Crippen LogP contribution in [0.2, 0.25) is 0 Å². The van der Waals surface area contributed by atoms with Crippen molar-refractivity contribution in [2.24, 2.45) is 0 Å². The van der Waals surface area contributed by atoms with E-state index in [-0.39, 0.29) is 10.6 Å². The van der Waals surface area contributed by atoms with E-state index in [2.05, 4.69) is 31.0 Å². The van der Waals surface area contributed by atoms with Gasteiger partial charge in [0.05, 0.1) is 4.92 Å². The third-order valence-corrected chi connectivity index (χ3v) is 2.92. The molecule has 0 aliphatic rings. The lowest BCUT2D eigenvalue weighted by atomic mass is 10.2. The highest BCUT2D eigenvalue weighted by Gasteiger charge is 2.08. The van der Waals surface area contributed by atoms with E-state index in [0.717, 1.165) is 25.3 Å². The summed E-state index contributed by atoms with van der Waals surface area (Å²) in [6.07, 6.45) is 0. The van der Waals surface area contributed by atoms with Crippen molar-refractivity contribution in [3.05, 3.63) is 34.4 Å². The zero-order valence-corrected chi connectivity index (χ0v) is 11.2. The maximum atomic E-state index is 10.5. The Kier molecular flexibility index (Phi) is 5.58. The Balaban J connectivity index is 2.53. The fraction of sp³-hybridized carbons (Fsp3) is 0.538. The van der Waals surface area contributed by atoms with Crippen LogP contribution < -0.4 is 5.32 Å². The van der Waals surface area contributed by atoms with Gasteiger partial charge in [-0.1, -0.05) is 13.8 Å². The molecule has 100 valence electrons. The van der Waals surface area contributed by atoms with E-state index in [9.17, 15) is 10.1 Å². The van der Waals surface area contributed by atoms with Gasteiger partial charge >= 0.3 is 0 Å². The Labute approximate surface area is 108 Å². The second-order valence-corrected chi connectivity index (χ2v) is 4.34. The molecule has 5 nitrogen and oxygen atoms in total. The van der Waals surface area contributed by atoms with Crippen LogP contribution in [-0.2, 0) is 0 Å². The second-order valence-electron chi connectivity index (χ2n) is 4.34. The van der Waals surface area contributed by atoms with Crippen molar-refractivity contribution in [2.75, 3.05) is 25.0 Å². The summed E-state index contributed by atoms with van der Waals surface area (Å²) in [4.78, 5) is 12.5. The number of anilines is 1. The first-order chi connectivity index (χ1) is 8.56. The maximum Gasteiger partial charge on any atom is 0.269 e. The molecule has 0 saturated heterocycles. The van der Waals surface area contributed by atoms with Gasteiger partial charge in [-0.05, 0) is 32.1 Å². The number of rotatable bonds is 7. The summed E-state index contributed by atoms with van der Waals surface area (Å²) in [6.45, 7) is 9.42. The molecule has 1 aromatic carbocycles. The van der Waals surface area contributed by atoms with Gasteiger partial charge in [-0.3, -0.25) is 10.1 Å². The molecule has 0 saturated carbocycles. The number of benzene rings is 1. The van der Waals surface area contributed by atoms with E-state index < -0.39 is 0 Å². The van der Waals surface area contributed by atoms with Crippen molar-refractivity contribution in [2.45, 2.75) is 26.8 Å². The monoisotopic (exact) mass is 251 g/mol. The molecule has 0 aliphatic heterocycles. The number of nitro benzene ring substituents is 1. The van der Waals surface area contributed by atoms with E-state index in [1.807, 2.05) is 0 Å². The highest BCUT2D eigenvalue weighted by Crippen LogP contribution is 2.16. The van der Waals surface area contributed by atoms with Gasteiger partial charge in [-0.15, -0.1) is 0 Å². The standard InChI is InChI=1S/C13H21N3O2/c1-4-15(5-2)10-11(3)14-12-6-8-13(9-7-12)16(17)18/h6-9,11,14H,4-5,10H2,1-3H3. The lowest BCUT2D eigenvalue weighted by Gasteiger charge is -2.24. The van der Waals surface area contributed by atoms with Crippen LogP contribution in [0.1, 0.15) is 20.8 Å². The average molecular weight is 251 g/mol. The van der Waals surface area contributed by atoms with E-state index in [0.29, 0.717) is 6.04 Å². The molecular formula is C13H21N3O2. The number of hydrogen-bond donors (Lipinski definition) is 1. The van der Waals surface area contributed by atoms with Gasteiger partial charge in [0.25, 0.3) is 5.69 Å². The third kappa shape index (κ3) is 4.33. The zero-order chi connectivity index (χ0) is 13.5. The van der Waals surface area contributed by atoms with Crippen molar-refractivity contribution in [1.82, 2.24) is 4.90 Å². The van der Waals surface area contributed by atoms with Crippen LogP contribution >= 0.6 is 0 Å². The molecule has 0 radical (unpaired) electrons. The smallest absolute Gasteiger partial charge is 0.269 e. The van der Waals surface area contributed by atoms with Crippen LogP contribution in [-0.4, -0.2) is 35.5 Å². The fourth-order valence-corrected chi connectivity index (χ4v) is 1.88. The van der Waals surface area contributed by atoms with Crippen LogP contribution in [0.25, 0.3) is 0 Å². The van der Waals surface area contributed by atoms with E-state index in [4.69, 9.17) is 0 Å². The molecule has 0 heterocycles. The number of nitro groups is 1. The van der Waals surface area contributed by atoms with Gasteiger partial charge in [0.15, 0.2) is 0 Å². The molecule has 5 heteroatoms. The van der Waals surface area contributed by atoms with Crippen molar-refractivity contribution in [3.8, 4) is 0 Å². The van der Waals surface area contributed by atoms with Gasteiger partial charge in [0, 0.05) is 30.4 Å². The van der Waals surface area contributed by atoms with Gasteiger partial charge in [-0.25, -0.2) is 0 Å². The molecule has 0 fully saturated rings. The summed E-state index contributed by atoms with van der Waals surface area (Å²) in [5.74, 6) is 0. The molecule has 0 bridgehead atoms. The van der Waals surface area contributed by atoms with Gasteiger partial charge in [0.1, 0.15) is 0 Å². The predicted octanol–water partition coefficient (Wildman–Crippen LogP) is 2.74. The van der Waals surface area contributed by atoms with Gasteiger partial charge < -0.3 is 10.2 Å². The van der Waals surface area contributed by atoms with Gasteiger partial charge in [0.2, 0.25) is 0 Å². The minimum absolute atomic E-state index is 0.122. The first kappa shape index (κ1) is 14.4. The highest BCUT2D eigenvalue weighted by molar-refractivity contribution is 5.49. The Morgan fingerprint density at radius 2 is 1.83 bits per heavy atom. The lowest BCUT2D eigenvalue weighted by molar-refractivity contribution is -0.384. The molecular weight excluding hydrogens is 230 g/mol. The molecule has 1 rings (SSSR count). The predicted molar refractivity (Wildman–Crippen MR) is 74.0 cm³/mol. The van der Waals surface area contributed by atoms with Crippen molar-refractivity contribution in [3.63, 3.8) is 0 Å². The van der Waals surface area contributed by atoms with Crippen LogP contribution in [0.3, 0.4) is 0 Å². The maximum absolute atomic E-state index is 10.5. The summed E-state index contributed by atoms with van der Waals surface area (Å²) >= 11 is 0. The molecule has 0 aromatic heterocycles. The number of hydrogen-bond acceptors (Lipinski definition) is 4. The first-order valence-corrected chi connectivity index (χ1v) is 6.30. The van der Waals surface area contributed by atoms with Crippen LogP contribution in [0.4, 0.5) is 11.4 Å². The van der Waals surface area contributed by atoms with Crippen LogP contribution in [0, 0.1) is 10.1 Å². The Hall–Kier alpha value is -1.62. The SMILES string of the molecule is CCN(CC)CC(C)Nc1ccc([N+](=O)[O-])cc1. The van der Waals surface area contributed by atoms with Crippen LogP contribution in [0.15, 0.2) is 24.3 Å². The molecule has 0 aliphatic carbocycles. The van der Waals surface area contributed by atoms with Crippen molar-refractivity contribution >= 4 is 11.4 Å². The quantitative estimate of drug-likeness (QED) is 0.598. The topological polar surface area (TPSA) is 58.4 Å². The zero-order valence-electron chi connectivity index (χ0n) is 11.2. The summed E-state index contributed by atoms with van der Waals surface area (Å²) in [5.41, 5.74) is 1.04. The number of nitrogens with zero attached hydrogens (tertiary/aromatic N) is 2. The molecule has 1 atom stereocenters. The second kappa shape index (κ2) is 6.96. The number of non-ortho nitro benzene ring substituents is 1. The summed E-state index contributed by atoms with van der Waals surface area (Å²) in [7, 11) is 0. The minimum Gasteiger partial charge on any atom is -0.381 e. The van der Waals surface area contributed by atoms with Crippen molar-refractivity contribution in [1.29, 1.82) is 0 Å². The number of nitrogens with one attached hydrogen (secondary N) is 1. The minimum atomic E-state index is -0.386. The Bertz CT molecular complexity index is 374. The molecule has 0 spiro atoms. The lowest BCUT2D eigenvalue weighted by Crippen LogP contribution is -2.34. The molecule has 1 N–H and O–H groups in total. The summed E-state index contributed by atoms with van der Waals surface area (Å²) in [6, 6.07) is 6.85. The highest BCUT2D eigenvalue weighted by atomic mass is 16.6. The van der Waals surface area contributed by atoms with E-state index >= 15 is 0 Å². The van der Waals surface area contributed by atoms with E-state index in [1.165, 1.54) is 12.1 Å². The molecule has 1 unspecified atom stereocenters. The normalized spacial score (nSPS) is 12.4. The molecule has 1 aromatic rings. The van der Waals surface area contributed by atoms with Crippen molar-refractivity contribution < 1.29 is 4.92 Å². The largest absolute Gasteiger partial charge is 0.381 e. The van der Waals surface area contributed by atoms with Crippen LogP contribution in [0.5, 0.6) is 0 Å². The van der Waals surface area contributed by atoms with E-state index in [1.54, 1.807) is 12.1 Å². The van der Waals surface area contributed by atoms with Gasteiger partial charge in [-0.2, -0.15) is 0 Å². The summed E-state index contributed by atoms with van der Waals surface area (Å²) in [5, 5.41) is 13.9. The molecule has 0 amide bonds. The third-order valence-electron chi connectivity index (χ3n) is 2.92.